The molecule has 3 nitrogen and oxygen atoms in total. The van der Waals surface area contributed by atoms with E-state index in [2.05, 4.69) is 9.72 Å². The molecule has 0 amide bonds. The summed E-state index contributed by atoms with van der Waals surface area (Å²) in [4.78, 5) is 14.2. The van der Waals surface area contributed by atoms with Crippen molar-refractivity contribution in [1.82, 2.24) is 4.98 Å². The van der Waals surface area contributed by atoms with Gasteiger partial charge in [0.05, 0.1) is 18.2 Å². The topological polar surface area (TPSA) is 39.2 Å². The number of methoxy groups -OCH3 is 1. The van der Waals surface area contributed by atoms with E-state index in [1.165, 1.54) is 0 Å². The zero-order chi connectivity index (χ0) is 11.6. The summed E-state index contributed by atoms with van der Waals surface area (Å²) < 4.78 is 41.2. The number of pyridine rings is 1. The Morgan fingerprint density at radius 1 is 1.53 bits per heavy atom. The lowest BCUT2D eigenvalue weighted by atomic mass is 10.2. The van der Waals surface area contributed by atoms with Crippen LogP contribution in [0.5, 0.6) is 0 Å². The standard InChI is InChI=1S/C8H5ClF3NO2/c1-15-7(14)4-2-5(8(10,11)12)6(9)13-3-4/h2-3H,1H3. The van der Waals surface area contributed by atoms with E-state index in [4.69, 9.17) is 11.6 Å². The Hall–Kier alpha value is -1.30. The van der Waals surface area contributed by atoms with Crippen LogP contribution in [0, 0.1) is 0 Å². The van der Waals surface area contributed by atoms with Crippen molar-refractivity contribution >= 4 is 17.6 Å². The van der Waals surface area contributed by atoms with Gasteiger partial charge in [-0.05, 0) is 6.07 Å². The second-order valence-electron chi connectivity index (χ2n) is 2.55. The van der Waals surface area contributed by atoms with Crippen LogP contribution in [-0.4, -0.2) is 18.1 Å². The van der Waals surface area contributed by atoms with Crippen molar-refractivity contribution in [3.8, 4) is 0 Å². The van der Waals surface area contributed by atoms with Crippen molar-refractivity contribution in [3.63, 3.8) is 0 Å². The minimum Gasteiger partial charge on any atom is -0.465 e. The average molecular weight is 240 g/mol. The van der Waals surface area contributed by atoms with Gasteiger partial charge in [0.2, 0.25) is 0 Å². The molecule has 0 spiro atoms. The van der Waals surface area contributed by atoms with Crippen LogP contribution in [0.25, 0.3) is 0 Å². The number of aromatic nitrogens is 1. The maximum Gasteiger partial charge on any atom is 0.419 e. The summed E-state index contributed by atoms with van der Waals surface area (Å²) in [5.74, 6) is -0.898. The van der Waals surface area contributed by atoms with Gasteiger partial charge in [0, 0.05) is 6.20 Å². The van der Waals surface area contributed by atoms with Crippen LogP contribution >= 0.6 is 11.6 Å². The van der Waals surface area contributed by atoms with Crippen LogP contribution in [-0.2, 0) is 10.9 Å². The summed E-state index contributed by atoms with van der Waals surface area (Å²) in [6, 6.07) is 0.598. The van der Waals surface area contributed by atoms with Crippen LogP contribution in [0.4, 0.5) is 13.2 Å². The molecule has 0 aliphatic carbocycles. The summed E-state index contributed by atoms with van der Waals surface area (Å²) in [5.41, 5.74) is -1.46. The second kappa shape index (κ2) is 4.06. The monoisotopic (exact) mass is 239 g/mol. The van der Waals surface area contributed by atoms with Crippen molar-refractivity contribution in [2.75, 3.05) is 7.11 Å². The Kier molecular flexibility index (Phi) is 3.18. The van der Waals surface area contributed by atoms with Crippen LogP contribution < -0.4 is 0 Å². The fourth-order valence-corrected chi connectivity index (χ4v) is 1.09. The lowest BCUT2D eigenvalue weighted by Gasteiger charge is -2.08. The molecule has 0 saturated carbocycles. The first-order valence-corrected chi connectivity index (χ1v) is 4.05. The van der Waals surface area contributed by atoms with Crippen LogP contribution in [0.2, 0.25) is 5.15 Å². The van der Waals surface area contributed by atoms with E-state index in [1.54, 1.807) is 0 Å². The van der Waals surface area contributed by atoms with E-state index in [0.717, 1.165) is 13.3 Å². The lowest BCUT2D eigenvalue weighted by molar-refractivity contribution is -0.137. The van der Waals surface area contributed by atoms with Gasteiger partial charge in [-0.25, -0.2) is 9.78 Å². The lowest BCUT2D eigenvalue weighted by Crippen LogP contribution is -2.10. The predicted octanol–water partition coefficient (Wildman–Crippen LogP) is 2.54. The number of esters is 1. The van der Waals surface area contributed by atoms with Crippen LogP contribution in [0.15, 0.2) is 12.3 Å². The summed E-state index contributed by atoms with van der Waals surface area (Å²) in [6.45, 7) is 0. The molecule has 0 aromatic carbocycles. The molecule has 0 fully saturated rings. The molecule has 1 aromatic rings. The first-order valence-electron chi connectivity index (χ1n) is 3.67. The number of hydrogen-bond acceptors (Lipinski definition) is 3. The molecule has 0 bridgehead atoms. The number of hydrogen-bond donors (Lipinski definition) is 0. The molecule has 0 unspecified atom stereocenters. The molecule has 0 aliphatic rings. The molecule has 82 valence electrons. The number of ether oxygens (including phenoxy) is 1. The summed E-state index contributed by atoms with van der Waals surface area (Å²) in [7, 11) is 1.06. The van der Waals surface area contributed by atoms with Gasteiger partial charge >= 0.3 is 12.1 Å². The summed E-state index contributed by atoms with van der Waals surface area (Å²) >= 11 is 5.25. The number of carbonyl (C=O) groups excluding carboxylic acids is 1. The quantitative estimate of drug-likeness (QED) is 0.558. The Morgan fingerprint density at radius 3 is 2.60 bits per heavy atom. The highest BCUT2D eigenvalue weighted by atomic mass is 35.5. The number of halogens is 4. The number of nitrogens with zero attached hydrogens (tertiary/aromatic N) is 1. The Morgan fingerprint density at radius 2 is 2.13 bits per heavy atom. The summed E-state index contributed by atoms with van der Waals surface area (Å²) in [5, 5.41) is -0.699. The fourth-order valence-electron chi connectivity index (χ4n) is 0.876. The Balaban J connectivity index is 3.23. The highest BCUT2D eigenvalue weighted by Gasteiger charge is 2.34. The van der Waals surface area contributed by atoms with E-state index in [1.807, 2.05) is 0 Å². The smallest absolute Gasteiger partial charge is 0.419 e. The van der Waals surface area contributed by atoms with Crippen molar-refractivity contribution < 1.29 is 22.7 Å². The maximum atomic E-state index is 12.3. The van der Waals surface area contributed by atoms with Crippen molar-refractivity contribution in [2.45, 2.75) is 6.18 Å². The second-order valence-corrected chi connectivity index (χ2v) is 2.91. The first-order chi connectivity index (χ1) is 6.86. The van der Waals surface area contributed by atoms with E-state index >= 15 is 0 Å². The fraction of sp³-hybridized carbons (Fsp3) is 0.250. The zero-order valence-corrected chi connectivity index (χ0v) is 8.19. The molecule has 0 N–H and O–H groups in total. The molecular formula is C8H5ClF3NO2. The molecule has 1 heterocycles. The van der Waals surface area contributed by atoms with Gasteiger partial charge in [0.15, 0.2) is 0 Å². The van der Waals surface area contributed by atoms with Gasteiger partial charge in [0.1, 0.15) is 5.15 Å². The number of carbonyl (C=O) groups is 1. The van der Waals surface area contributed by atoms with Gasteiger partial charge in [-0.1, -0.05) is 11.6 Å². The average Bonchev–Trinajstić information content (AvgIpc) is 2.15. The third kappa shape index (κ3) is 2.59. The SMILES string of the molecule is COC(=O)c1cnc(Cl)c(C(F)(F)F)c1. The molecule has 7 heteroatoms. The van der Waals surface area contributed by atoms with Crippen LogP contribution in [0.3, 0.4) is 0 Å². The molecule has 1 rings (SSSR count). The van der Waals surface area contributed by atoms with E-state index in [0.29, 0.717) is 6.07 Å². The van der Waals surface area contributed by atoms with E-state index < -0.39 is 22.9 Å². The van der Waals surface area contributed by atoms with Crippen LogP contribution in [0.1, 0.15) is 15.9 Å². The molecule has 0 radical (unpaired) electrons. The molecule has 0 atom stereocenters. The largest absolute Gasteiger partial charge is 0.465 e. The molecule has 15 heavy (non-hydrogen) atoms. The number of rotatable bonds is 1. The molecule has 0 aliphatic heterocycles. The number of alkyl halides is 3. The van der Waals surface area contributed by atoms with Crippen molar-refractivity contribution in [2.24, 2.45) is 0 Å². The van der Waals surface area contributed by atoms with Gasteiger partial charge in [-0.3, -0.25) is 0 Å². The Labute approximate surface area is 87.8 Å². The molecular weight excluding hydrogens is 235 g/mol. The minimum atomic E-state index is -4.64. The summed E-state index contributed by atoms with van der Waals surface area (Å²) in [6.07, 6.45) is -3.72. The maximum absolute atomic E-state index is 12.3. The minimum absolute atomic E-state index is 0.297. The van der Waals surface area contributed by atoms with Crippen molar-refractivity contribution in [1.29, 1.82) is 0 Å². The van der Waals surface area contributed by atoms with Gasteiger partial charge in [-0.2, -0.15) is 13.2 Å². The Bertz CT molecular complexity index is 392. The van der Waals surface area contributed by atoms with Gasteiger partial charge < -0.3 is 4.74 Å². The third-order valence-corrected chi connectivity index (χ3v) is 1.87. The highest BCUT2D eigenvalue weighted by Crippen LogP contribution is 2.33. The zero-order valence-electron chi connectivity index (χ0n) is 7.43. The predicted molar refractivity (Wildman–Crippen MR) is 45.6 cm³/mol. The normalized spacial score (nSPS) is 11.3. The highest BCUT2D eigenvalue weighted by molar-refractivity contribution is 6.30. The third-order valence-electron chi connectivity index (χ3n) is 1.57. The van der Waals surface area contributed by atoms with Gasteiger partial charge in [0.25, 0.3) is 0 Å². The van der Waals surface area contributed by atoms with E-state index in [9.17, 15) is 18.0 Å². The molecule has 1 aromatic heterocycles. The van der Waals surface area contributed by atoms with E-state index in [-0.39, 0.29) is 5.56 Å². The van der Waals surface area contributed by atoms with Gasteiger partial charge in [-0.15, -0.1) is 0 Å². The molecule has 0 saturated heterocycles. The first kappa shape index (κ1) is 11.8. The van der Waals surface area contributed by atoms with Crippen molar-refractivity contribution in [3.05, 3.63) is 28.5 Å².